The van der Waals surface area contributed by atoms with Gasteiger partial charge in [0.05, 0.1) is 0 Å². The van der Waals surface area contributed by atoms with Gasteiger partial charge in [-0.3, -0.25) is 0 Å². The third kappa shape index (κ3) is 18.6. The Hall–Kier alpha value is -0.203. The highest BCUT2D eigenvalue weighted by Crippen LogP contribution is 2.13. The van der Waals surface area contributed by atoms with E-state index in [9.17, 15) is 0 Å². The Labute approximate surface area is 189 Å². The van der Waals surface area contributed by atoms with Gasteiger partial charge in [0.25, 0.3) is 0 Å². The highest BCUT2D eigenvalue weighted by Gasteiger charge is 2.41. The molecule has 0 atom stereocenters. The first-order chi connectivity index (χ1) is 14.7. The first-order valence-corrected chi connectivity index (χ1v) is 14.8. The zero-order valence-electron chi connectivity index (χ0n) is 20.7. The van der Waals surface area contributed by atoms with Crippen LogP contribution in [-0.2, 0) is 18.0 Å². The average Bonchev–Trinajstić information content (AvgIpc) is 2.73. The summed E-state index contributed by atoms with van der Waals surface area (Å²) in [4.78, 5) is 0. The second kappa shape index (κ2) is 23.5. The Morgan fingerprint density at radius 2 is 0.967 bits per heavy atom. The third-order valence-corrected chi connectivity index (χ3v) is 7.92. The van der Waals surface area contributed by atoms with Gasteiger partial charge in [-0.05, 0) is 52.9 Å². The van der Waals surface area contributed by atoms with Crippen LogP contribution in [0.4, 0.5) is 0 Å². The molecular weight excluding hydrogens is 392 g/mol. The van der Waals surface area contributed by atoms with E-state index in [-0.39, 0.29) is 0 Å². The Morgan fingerprint density at radius 1 is 0.533 bits per heavy atom. The van der Waals surface area contributed by atoms with E-state index in [1.165, 1.54) is 83.5 Å². The molecule has 0 heterocycles. The molecule has 5 heteroatoms. The Bertz CT molecular complexity index is 346. The highest BCUT2D eigenvalue weighted by atomic mass is 28.4. The Balaban J connectivity index is 3.49. The molecule has 0 unspecified atom stereocenters. The minimum Gasteiger partial charge on any atom is -0.377 e. The molecule has 0 aromatic rings. The summed E-state index contributed by atoms with van der Waals surface area (Å²) in [5.74, 6) is 0. The van der Waals surface area contributed by atoms with Crippen LogP contribution in [0.3, 0.4) is 0 Å². The summed E-state index contributed by atoms with van der Waals surface area (Å²) < 4.78 is 23.3. The summed E-state index contributed by atoms with van der Waals surface area (Å²) in [5, 5.41) is 0. The number of unbranched alkanes of at least 4 members (excludes halogenated alkanes) is 12. The fourth-order valence-electron chi connectivity index (χ4n) is 3.56. The summed E-state index contributed by atoms with van der Waals surface area (Å²) >= 11 is 0. The van der Waals surface area contributed by atoms with Crippen LogP contribution in [0.1, 0.15) is 118 Å². The van der Waals surface area contributed by atoms with E-state index in [1.54, 1.807) is 0 Å². The number of rotatable bonds is 24. The molecule has 0 radical (unpaired) electrons. The van der Waals surface area contributed by atoms with Crippen molar-refractivity contribution in [2.24, 2.45) is 0 Å². The molecule has 0 fully saturated rings. The summed E-state index contributed by atoms with van der Waals surface area (Å²) in [6.07, 6.45) is 23.8. The summed E-state index contributed by atoms with van der Waals surface area (Å²) in [5.41, 5.74) is 0. The molecule has 0 amide bonds. The van der Waals surface area contributed by atoms with E-state index in [0.717, 1.165) is 13.0 Å². The third-order valence-electron chi connectivity index (χ3n) is 5.17. The van der Waals surface area contributed by atoms with Gasteiger partial charge in [-0.2, -0.15) is 0 Å². The summed E-state index contributed by atoms with van der Waals surface area (Å²) in [6.45, 7) is 10.8. The zero-order chi connectivity index (χ0) is 22.2. The highest BCUT2D eigenvalue weighted by molar-refractivity contribution is 6.60. The van der Waals surface area contributed by atoms with Gasteiger partial charge in [-0.15, -0.1) is 0 Å². The van der Waals surface area contributed by atoms with E-state index >= 15 is 0 Å². The first kappa shape index (κ1) is 29.8. The van der Waals surface area contributed by atoms with Crippen molar-refractivity contribution in [1.29, 1.82) is 0 Å². The maximum Gasteiger partial charge on any atom is 0.528 e. The lowest BCUT2D eigenvalue weighted by molar-refractivity contribution is 0.0294. The molecule has 180 valence electrons. The fourth-order valence-corrected chi connectivity index (χ4v) is 5.77. The second-order valence-corrected chi connectivity index (χ2v) is 10.5. The van der Waals surface area contributed by atoms with Crippen molar-refractivity contribution in [1.82, 2.24) is 0 Å². The van der Waals surface area contributed by atoms with E-state index in [4.69, 9.17) is 18.0 Å². The van der Waals surface area contributed by atoms with Crippen molar-refractivity contribution in [3.63, 3.8) is 0 Å². The average molecular weight is 445 g/mol. The zero-order valence-corrected chi connectivity index (χ0v) is 21.7. The van der Waals surface area contributed by atoms with Crippen LogP contribution in [0.25, 0.3) is 0 Å². The molecule has 0 saturated heterocycles. The van der Waals surface area contributed by atoms with Crippen LogP contribution < -0.4 is 0 Å². The van der Waals surface area contributed by atoms with E-state index in [1.807, 2.05) is 20.8 Å². The SMILES string of the molecule is CCCCCCCC/C=C\CCCCCCCCOC[Si](OCC)(OCC)OCC. The van der Waals surface area contributed by atoms with Gasteiger partial charge < -0.3 is 18.0 Å². The van der Waals surface area contributed by atoms with Crippen molar-refractivity contribution in [2.45, 2.75) is 118 Å². The van der Waals surface area contributed by atoms with E-state index in [2.05, 4.69) is 19.1 Å². The summed E-state index contributed by atoms with van der Waals surface area (Å²) in [7, 11) is -2.63. The molecule has 0 bridgehead atoms. The van der Waals surface area contributed by atoms with Crippen LogP contribution in [0.15, 0.2) is 12.2 Å². The van der Waals surface area contributed by atoms with Crippen LogP contribution in [-0.4, -0.2) is 41.5 Å². The smallest absolute Gasteiger partial charge is 0.377 e. The van der Waals surface area contributed by atoms with E-state index < -0.39 is 8.80 Å². The lowest BCUT2D eigenvalue weighted by Gasteiger charge is -2.28. The number of ether oxygens (including phenoxy) is 1. The van der Waals surface area contributed by atoms with Crippen molar-refractivity contribution >= 4 is 8.80 Å². The number of allylic oxidation sites excluding steroid dienone is 2. The van der Waals surface area contributed by atoms with Crippen LogP contribution in [0.2, 0.25) is 0 Å². The minimum absolute atomic E-state index is 0.466. The van der Waals surface area contributed by atoms with Crippen molar-refractivity contribution in [3.05, 3.63) is 12.2 Å². The molecule has 0 rings (SSSR count). The van der Waals surface area contributed by atoms with Crippen molar-refractivity contribution < 1.29 is 18.0 Å². The van der Waals surface area contributed by atoms with Crippen molar-refractivity contribution in [3.8, 4) is 0 Å². The largest absolute Gasteiger partial charge is 0.528 e. The van der Waals surface area contributed by atoms with Gasteiger partial charge in [-0.25, -0.2) is 0 Å². The summed E-state index contributed by atoms with van der Waals surface area (Å²) in [6, 6.07) is 0. The molecule has 0 saturated carbocycles. The van der Waals surface area contributed by atoms with Crippen molar-refractivity contribution in [2.75, 3.05) is 32.7 Å². The predicted octanol–water partition coefficient (Wildman–Crippen LogP) is 7.63. The molecule has 4 nitrogen and oxygen atoms in total. The topological polar surface area (TPSA) is 36.9 Å². The lowest BCUT2D eigenvalue weighted by Crippen LogP contribution is -2.51. The number of hydrogen-bond acceptors (Lipinski definition) is 4. The molecule has 0 aliphatic carbocycles. The van der Waals surface area contributed by atoms with Gasteiger partial charge in [0.15, 0.2) is 0 Å². The Morgan fingerprint density at radius 3 is 1.43 bits per heavy atom. The molecule has 0 aromatic heterocycles. The van der Waals surface area contributed by atoms with E-state index in [0.29, 0.717) is 26.1 Å². The van der Waals surface area contributed by atoms with Crippen LogP contribution in [0, 0.1) is 0 Å². The minimum atomic E-state index is -2.63. The molecule has 0 spiro atoms. The van der Waals surface area contributed by atoms with Gasteiger partial charge in [0, 0.05) is 26.4 Å². The first-order valence-electron chi connectivity index (χ1n) is 12.9. The monoisotopic (exact) mass is 444 g/mol. The maximum absolute atomic E-state index is 5.85. The van der Waals surface area contributed by atoms with Gasteiger partial charge in [0.2, 0.25) is 0 Å². The molecule has 0 aromatic carbocycles. The Kier molecular flexibility index (Phi) is 23.3. The molecule has 30 heavy (non-hydrogen) atoms. The quantitative estimate of drug-likeness (QED) is 0.0871. The van der Waals surface area contributed by atoms with Gasteiger partial charge in [-0.1, -0.05) is 76.9 Å². The van der Waals surface area contributed by atoms with Gasteiger partial charge in [0.1, 0.15) is 6.23 Å². The standard InChI is InChI=1S/C25H52O4Si/c1-5-9-10-11-12-13-14-15-16-17-18-19-20-21-22-23-24-26-25-30(27-6-2,28-7-3)29-8-4/h15-16H,5-14,17-25H2,1-4H3/b16-15-. The molecular formula is C25H52O4Si. The van der Waals surface area contributed by atoms with Crippen LogP contribution >= 0.6 is 0 Å². The fraction of sp³-hybridized carbons (Fsp3) is 0.920. The molecule has 0 aliphatic rings. The normalized spacial score (nSPS) is 12.3. The lowest BCUT2D eigenvalue weighted by atomic mass is 10.1. The second-order valence-electron chi connectivity index (χ2n) is 7.97. The molecule has 0 aliphatic heterocycles. The van der Waals surface area contributed by atoms with Gasteiger partial charge >= 0.3 is 8.80 Å². The van der Waals surface area contributed by atoms with Crippen LogP contribution in [0.5, 0.6) is 0 Å². The maximum atomic E-state index is 5.85. The number of hydrogen-bond donors (Lipinski definition) is 0. The predicted molar refractivity (Wildman–Crippen MR) is 131 cm³/mol. The molecule has 0 N–H and O–H groups in total.